The van der Waals surface area contributed by atoms with Crippen molar-refractivity contribution in [1.82, 2.24) is 10.2 Å². The fourth-order valence-electron chi connectivity index (χ4n) is 3.54. The third-order valence-electron chi connectivity index (χ3n) is 5.01. The van der Waals surface area contributed by atoms with Crippen molar-refractivity contribution in [2.75, 3.05) is 5.32 Å². The van der Waals surface area contributed by atoms with Crippen LogP contribution in [0.15, 0.2) is 24.3 Å². The highest BCUT2D eigenvalue weighted by atomic mass is 16.7. The van der Waals surface area contributed by atoms with E-state index in [2.05, 4.69) is 15.5 Å². The van der Waals surface area contributed by atoms with E-state index in [1.807, 2.05) is 24.3 Å². The Balaban J connectivity index is 1.32. The first-order chi connectivity index (χ1) is 11.7. The molecule has 5 rings (SSSR count). The molecular weight excluding hydrogens is 306 g/mol. The fourth-order valence-corrected chi connectivity index (χ4v) is 3.54. The maximum Gasteiger partial charge on any atom is 0.276 e. The SMILES string of the molecule is O=C(Nc1ccc2c(c1)OC1(CCCC1)O2)c1cc(C2CC2)[nH]n1. The molecule has 0 saturated heterocycles. The van der Waals surface area contributed by atoms with Crippen LogP contribution >= 0.6 is 0 Å². The molecule has 0 atom stereocenters. The summed E-state index contributed by atoms with van der Waals surface area (Å²) in [6, 6.07) is 7.36. The Bertz CT molecular complexity index is 804. The van der Waals surface area contributed by atoms with E-state index in [1.165, 1.54) is 12.8 Å². The van der Waals surface area contributed by atoms with Crippen LogP contribution in [0.3, 0.4) is 0 Å². The van der Waals surface area contributed by atoms with Gasteiger partial charge in [-0.2, -0.15) is 5.10 Å². The van der Waals surface area contributed by atoms with Gasteiger partial charge in [0.1, 0.15) is 0 Å². The summed E-state index contributed by atoms with van der Waals surface area (Å²) >= 11 is 0. The van der Waals surface area contributed by atoms with Crippen molar-refractivity contribution in [3.63, 3.8) is 0 Å². The highest BCUT2D eigenvalue weighted by Gasteiger charge is 2.44. The molecule has 6 nitrogen and oxygen atoms in total. The van der Waals surface area contributed by atoms with Crippen LogP contribution in [0.1, 0.15) is 60.6 Å². The van der Waals surface area contributed by atoms with Gasteiger partial charge in [-0.25, -0.2) is 0 Å². The molecule has 24 heavy (non-hydrogen) atoms. The first kappa shape index (κ1) is 13.9. The zero-order chi connectivity index (χ0) is 16.1. The number of nitrogens with one attached hydrogen (secondary N) is 2. The second-order valence-electron chi connectivity index (χ2n) is 6.92. The summed E-state index contributed by atoms with van der Waals surface area (Å²) in [6.07, 6.45) is 6.43. The fraction of sp³-hybridized carbons (Fsp3) is 0.444. The Morgan fingerprint density at radius 2 is 1.96 bits per heavy atom. The number of ether oxygens (including phenoxy) is 2. The summed E-state index contributed by atoms with van der Waals surface area (Å²) in [7, 11) is 0. The Labute approximate surface area is 139 Å². The summed E-state index contributed by atoms with van der Waals surface area (Å²) in [4.78, 5) is 12.4. The number of nitrogens with zero attached hydrogens (tertiary/aromatic N) is 1. The van der Waals surface area contributed by atoms with Gasteiger partial charge in [-0.3, -0.25) is 9.89 Å². The van der Waals surface area contributed by atoms with Gasteiger partial charge in [0.25, 0.3) is 11.7 Å². The van der Waals surface area contributed by atoms with Gasteiger partial charge in [-0.15, -0.1) is 0 Å². The van der Waals surface area contributed by atoms with E-state index in [-0.39, 0.29) is 5.91 Å². The lowest BCUT2D eigenvalue weighted by Crippen LogP contribution is -2.34. The zero-order valence-corrected chi connectivity index (χ0v) is 13.3. The molecule has 2 heterocycles. The van der Waals surface area contributed by atoms with E-state index >= 15 is 0 Å². The zero-order valence-electron chi connectivity index (χ0n) is 13.3. The first-order valence-electron chi connectivity index (χ1n) is 8.60. The smallest absolute Gasteiger partial charge is 0.276 e. The van der Waals surface area contributed by atoms with Gasteiger partial charge in [0.15, 0.2) is 17.2 Å². The number of carbonyl (C=O) groups excluding carboxylic acids is 1. The number of hydrogen-bond acceptors (Lipinski definition) is 4. The second-order valence-corrected chi connectivity index (χ2v) is 6.92. The van der Waals surface area contributed by atoms with E-state index in [9.17, 15) is 4.79 Å². The van der Waals surface area contributed by atoms with Crippen molar-refractivity contribution < 1.29 is 14.3 Å². The number of hydrogen-bond donors (Lipinski definition) is 2. The van der Waals surface area contributed by atoms with E-state index < -0.39 is 5.79 Å². The molecule has 0 unspecified atom stereocenters. The predicted molar refractivity (Wildman–Crippen MR) is 87.4 cm³/mol. The molecule has 1 aromatic carbocycles. The summed E-state index contributed by atoms with van der Waals surface area (Å²) in [6.45, 7) is 0. The van der Waals surface area contributed by atoms with Crippen LogP contribution in [0, 0.1) is 0 Å². The summed E-state index contributed by atoms with van der Waals surface area (Å²) < 4.78 is 12.0. The number of aromatic nitrogens is 2. The Hall–Kier alpha value is -2.50. The van der Waals surface area contributed by atoms with Crippen molar-refractivity contribution in [1.29, 1.82) is 0 Å². The number of carbonyl (C=O) groups is 1. The van der Waals surface area contributed by atoms with Crippen LogP contribution in [0.25, 0.3) is 0 Å². The summed E-state index contributed by atoms with van der Waals surface area (Å²) in [5.41, 5.74) is 2.16. The summed E-state index contributed by atoms with van der Waals surface area (Å²) in [5.74, 6) is 1.31. The Morgan fingerprint density at radius 1 is 1.17 bits per heavy atom. The number of amides is 1. The second kappa shape index (κ2) is 5.00. The standard InChI is InChI=1S/C18H19N3O3/c22-17(14-10-13(20-21-14)11-3-4-11)19-12-5-6-15-16(9-12)24-18(23-15)7-1-2-8-18/h5-6,9-11H,1-4,7-8H2,(H,19,22)(H,20,21). The maximum atomic E-state index is 12.4. The molecule has 2 saturated carbocycles. The van der Waals surface area contributed by atoms with Crippen molar-refractivity contribution in [2.24, 2.45) is 0 Å². The first-order valence-corrected chi connectivity index (χ1v) is 8.60. The molecule has 124 valence electrons. The van der Waals surface area contributed by atoms with E-state index in [0.29, 0.717) is 23.0 Å². The van der Waals surface area contributed by atoms with Crippen LogP contribution in [-0.4, -0.2) is 21.9 Å². The van der Waals surface area contributed by atoms with Crippen LogP contribution in [0.2, 0.25) is 0 Å². The van der Waals surface area contributed by atoms with Gasteiger partial charge in [0.05, 0.1) is 0 Å². The minimum atomic E-state index is -0.480. The lowest BCUT2D eigenvalue weighted by molar-refractivity contribution is -0.0716. The molecule has 2 fully saturated rings. The van der Waals surface area contributed by atoms with Crippen LogP contribution < -0.4 is 14.8 Å². The molecule has 0 bridgehead atoms. The molecule has 1 aliphatic heterocycles. The molecule has 2 aliphatic carbocycles. The van der Waals surface area contributed by atoms with Gasteiger partial charge in [0.2, 0.25) is 0 Å². The molecule has 2 N–H and O–H groups in total. The van der Waals surface area contributed by atoms with Gasteiger partial charge in [-0.05, 0) is 43.9 Å². The quantitative estimate of drug-likeness (QED) is 0.904. The van der Waals surface area contributed by atoms with E-state index in [1.54, 1.807) is 0 Å². The van der Waals surface area contributed by atoms with Crippen molar-refractivity contribution in [2.45, 2.75) is 50.2 Å². The highest BCUT2D eigenvalue weighted by molar-refractivity contribution is 6.03. The number of aromatic amines is 1. The van der Waals surface area contributed by atoms with Crippen molar-refractivity contribution >= 4 is 11.6 Å². The Morgan fingerprint density at radius 3 is 2.75 bits per heavy atom. The van der Waals surface area contributed by atoms with E-state index in [0.717, 1.165) is 37.1 Å². The Kier molecular flexibility index (Phi) is 2.89. The largest absolute Gasteiger partial charge is 0.448 e. The normalized spacial score (nSPS) is 20.5. The minimum absolute atomic E-state index is 0.215. The predicted octanol–water partition coefficient (Wildman–Crippen LogP) is 3.58. The third kappa shape index (κ3) is 2.33. The van der Waals surface area contributed by atoms with Gasteiger partial charge in [-0.1, -0.05) is 0 Å². The molecule has 1 aromatic heterocycles. The number of H-pyrrole nitrogens is 1. The molecule has 1 spiro atoms. The van der Waals surface area contributed by atoms with Crippen LogP contribution in [0.5, 0.6) is 11.5 Å². The average Bonchev–Trinajstić information content (AvgIpc) is 3.00. The van der Waals surface area contributed by atoms with Crippen LogP contribution in [-0.2, 0) is 0 Å². The third-order valence-corrected chi connectivity index (χ3v) is 5.01. The topological polar surface area (TPSA) is 76.2 Å². The van der Waals surface area contributed by atoms with E-state index in [4.69, 9.17) is 9.47 Å². The number of rotatable bonds is 3. The lowest BCUT2D eigenvalue weighted by atomic mass is 10.2. The average molecular weight is 325 g/mol. The monoisotopic (exact) mass is 325 g/mol. The molecule has 6 heteroatoms. The number of benzene rings is 1. The maximum absolute atomic E-state index is 12.4. The highest BCUT2D eigenvalue weighted by Crippen LogP contribution is 2.47. The summed E-state index contributed by atoms with van der Waals surface area (Å²) in [5, 5.41) is 9.95. The van der Waals surface area contributed by atoms with Gasteiger partial charge < -0.3 is 14.8 Å². The molecular formula is C18H19N3O3. The van der Waals surface area contributed by atoms with Crippen LogP contribution in [0.4, 0.5) is 5.69 Å². The molecule has 1 amide bonds. The molecule has 3 aliphatic rings. The van der Waals surface area contributed by atoms with Gasteiger partial charge in [0, 0.05) is 36.2 Å². The van der Waals surface area contributed by atoms with Crippen molar-refractivity contribution in [3.8, 4) is 11.5 Å². The lowest BCUT2D eigenvalue weighted by Gasteiger charge is -2.21. The minimum Gasteiger partial charge on any atom is -0.448 e. The number of fused-ring (bicyclic) bond motifs is 1. The van der Waals surface area contributed by atoms with Crippen molar-refractivity contribution in [3.05, 3.63) is 35.7 Å². The van der Waals surface area contributed by atoms with Gasteiger partial charge >= 0.3 is 0 Å². The number of anilines is 1. The molecule has 2 aromatic rings. The molecule has 0 radical (unpaired) electrons.